The van der Waals surface area contributed by atoms with Crippen LogP contribution in [0.5, 0.6) is 0 Å². The summed E-state index contributed by atoms with van der Waals surface area (Å²) in [6.07, 6.45) is -1.51. The summed E-state index contributed by atoms with van der Waals surface area (Å²) in [5.41, 5.74) is 2.94. The number of cyclic esters (lactones) is 2. The lowest BCUT2D eigenvalue weighted by Gasteiger charge is -2.16. The molecule has 0 unspecified atom stereocenters. The number of aryl methyl sites for hydroxylation is 1. The number of hydrogen-bond donors (Lipinski definition) is 0. The minimum absolute atomic E-state index is 0.427. The van der Waals surface area contributed by atoms with Gasteiger partial charge in [0.05, 0.1) is 0 Å². The van der Waals surface area contributed by atoms with Gasteiger partial charge in [0.2, 0.25) is 0 Å². The molecule has 0 saturated carbocycles. The van der Waals surface area contributed by atoms with E-state index in [1.54, 1.807) is 12.1 Å². The molecule has 2 aromatic carbocycles. The van der Waals surface area contributed by atoms with Gasteiger partial charge in [-0.25, -0.2) is 4.79 Å². The minimum Gasteiger partial charge on any atom is -0.422 e. The molecule has 0 N–H and O–H groups in total. The molecule has 1 aliphatic heterocycles. The average Bonchev–Trinajstić information content (AvgIpc) is 2.82. The van der Waals surface area contributed by atoms with E-state index in [1.807, 2.05) is 43.3 Å². The molecule has 102 valence electrons. The van der Waals surface area contributed by atoms with Gasteiger partial charge >= 0.3 is 6.16 Å². The molecule has 1 aliphatic rings. The molecule has 0 amide bonds. The summed E-state index contributed by atoms with van der Waals surface area (Å²) < 4.78 is 10.6. The van der Waals surface area contributed by atoms with E-state index in [9.17, 15) is 4.79 Å². The van der Waals surface area contributed by atoms with Gasteiger partial charge in [0.25, 0.3) is 0 Å². The van der Waals surface area contributed by atoms with Crippen molar-refractivity contribution >= 4 is 17.8 Å². The van der Waals surface area contributed by atoms with E-state index in [0.29, 0.717) is 5.02 Å². The van der Waals surface area contributed by atoms with Crippen LogP contribution in [0.15, 0.2) is 48.5 Å². The summed E-state index contributed by atoms with van der Waals surface area (Å²) in [6, 6.07) is 15.1. The molecule has 20 heavy (non-hydrogen) atoms. The van der Waals surface area contributed by atoms with E-state index in [-0.39, 0.29) is 0 Å². The first-order chi connectivity index (χ1) is 9.63. The second-order valence-corrected chi connectivity index (χ2v) is 5.23. The largest absolute Gasteiger partial charge is 0.509 e. The van der Waals surface area contributed by atoms with Crippen LogP contribution in [0.4, 0.5) is 4.79 Å². The van der Waals surface area contributed by atoms with Gasteiger partial charge in [-0.2, -0.15) is 0 Å². The molecule has 0 radical (unpaired) electrons. The van der Waals surface area contributed by atoms with Crippen molar-refractivity contribution < 1.29 is 14.3 Å². The first-order valence-corrected chi connectivity index (χ1v) is 6.70. The number of rotatable bonds is 2. The van der Waals surface area contributed by atoms with E-state index in [1.165, 1.54) is 0 Å². The van der Waals surface area contributed by atoms with Crippen LogP contribution < -0.4 is 0 Å². The predicted molar refractivity (Wildman–Crippen MR) is 75.7 cm³/mol. The molecule has 3 rings (SSSR count). The van der Waals surface area contributed by atoms with Crippen molar-refractivity contribution in [1.29, 1.82) is 0 Å². The number of carbonyl (C=O) groups excluding carboxylic acids is 1. The number of ether oxygens (including phenoxy) is 2. The quantitative estimate of drug-likeness (QED) is 0.758. The number of halogens is 1. The molecule has 0 aliphatic carbocycles. The first-order valence-electron chi connectivity index (χ1n) is 6.33. The fourth-order valence-electron chi connectivity index (χ4n) is 2.25. The van der Waals surface area contributed by atoms with Crippen molar-refractivity contribution in [3.05, 3.63) is 70.2 Å². The Morgan fingerprint density at radius 2 is 1.30 bits per heavy atom. The Hall–Kier alpha value is -2.00. The van der Waals surface area contributed by atoms with E-state index >= 15 is 0 Å². The maximum absolute atomic E-state index is 11.5. The van der Waals surface area contributed by atoms with Gasteiger partial charge in [-0.1, -0.05) is 53.6 Å². The Kier molecular flexibility index (Phi) is 3.36. The molecule has 1 heterocycles. The SMILES string of the molecule is Cc1ccc([C@@H]2OC(=O)O[C@H]2c2ccc(Cl)cc2)cc1. The summed E-state index contributed by atoms with van der Waals surface area (Å²) in [5.74, 6) is 0. The van der Waals surface area contributed by atoms with Gasteiger partial charge in [-0.05, 0) is 30.2 Å². The maximum Gasteiger partial charge on any atom is 0.509 e. The van der Waals surface area contributed by atoms with Crippen molar-refractivity contribution in [3.8, 4) is 0 Å². The molecule has 0 spiro atoms. The van der Waals surface area contributed by atoms with E-state index in [4.69, 9.17) is 21.1 Å². The van der Waals surface area contributed by atoms with Crippen molar-refractivity contribution in [2.45, 2.75) is 19.1 Å². The Morgan fingerprint density at radius 1 is 0.850 bits per heavy atom. The van der Waals surface area contributed by atoms with Gasteiger partial charge < -0.3 is 9.47 Å². The zero-order chi connectivity index (χ0) is 14.1. The number of benzene rings is 2. The zero-order valence-electron chi connectivity index (χ0n) is 10.9. The highest BCUT2D eigenvalue weighted by Crippen LogP contribution is 2.40. The highest BCUT2D eigenvalue weighted by atomic mass is 35.5. The molecule has 0 aromatic heterocycles. The maximum atomic E-state index is 11.5. The van der Waals surface area contributed by atoms with Crippen LogP contribution in [0, 0.1) is 6.92 Å². The molecule has 1 saturated heterocycles. The van der Waals surface area contributed by atoms with Crippen LogP contribution in [0.25, 0.3) is 0 Å². The standard InChI is InChI=1S/C16H13ClO3/c1-10-2-4-11(5-3-10)14-15(20-16(18)19-14)12-6-8-13(17)9-7-12/h2-9,14-15H,1H3/t14-,15-/m0/s1. The van der Waals surface area contributed by atoms with Crippen molar-refractivity contribution in [3.63, 3.8) is 0 Å². The summed E-state index contributed by atoms with van der Waals surface area (Å²) in [7, 11) is 0. The Morgan fingerprint density at radius 3 is 1.80 bits per heavy atom. The third-order valence-electron chi connectivity index (χ3n) is 3.33. The van der Waals surface area contributed by atoms with Crippen molar-refractivity contribution in [2.24, 2.45) is 0 Å². The highest BCUT2D eigenvalue weighted by molar-refractivity contribution is 6.30. The summed E-state index contributed by atoms with van der Waals surface area (Å²) >= 11 is 5.88. The van der Waals surface area contributed by atoms with E-state index < -0.39 is 18.4 Å². The predicted octanol–water partition coefficient (Wildman–Crippen LogP) is 4.60. The lowest BCUT2D eigenvalue weighted by Crippen LogP contribution is -2.07. The third-order valence-corrected chi connectivity index (χ3v) is 3.58. The highest BCUT2D eigenvalue weighted by Gasteiger charge is 2.38. The molecular formula is C16H13ClO3. The van der Waals surface area contributed by atoms with Crippen LogP contribution >= 0.6 is 11.6 Å². The molecule has 2 atom stereocenters. The zero-order valence-corrected chi connectivity index (χ0v) is 11.6. The van der Waals surface area contributed by atoms with Crippen LogP contribution in [0.1, 0.15) is 28.9 Å². The third kappa shape index (κ3) is 2.49. The summed E-state index contributed by atoms with van der Waals surface area (Å²) in [6.45, 7) is 2.01. The number of hydrogen-bond acceptors (Lipinski definition) is 3. The van der Waals surface area contributed by atoms with Crippen LogP contribution in [-0.4, -0.2) is 6.16 Å². The second kappa shape index (κ2) is 5.17. The molecule has 3 nitrogen and oxygen atoms in total. The van der Waals surface area contributed by atoms with Gasteiger partial charge in [0, 0.05) is 5.02 Å². The minimum atomic E-state index is -0.643. The topological polar surface area (TPSA) is 35.5 Å². The molecular weight excluding hydrogens is 276 g/mol. The molecule has 1 fully saturated rings. The average molecular weight is 289 g/mol. The summed E-state index contributed by atoms with van der Waals surface area (Å²) in [5, 5.41) is 0.644. The van der Waals surface area contributed by atoms with Gasteiger partial charge in [0.1, 0.15) is 0 Å². The fraction of sp³-hybridized carbons (Fsp3) is 0.188. The lowest BCUT2D eigenvalue weighted by atomic mass is 9.98. The second-order valence-electron chi connectivity index (χ2n) is 4.79. The van der Waals surface area contributed by atoms with Crippen molar-refractivity contribution in [1.82, 2.24) is 0 Å². The van der Waals surface area contributed by atoms with Gasteiger partial charge in [0.15, 0.2) is 12.2 Å². The lowest BCUT2D eigenvalue weighted by molar-refractivity contribution is 0.116. The molecule has 0 bridgehead atoms. The van der Waals surface area contributed by atoms with Crippen LogP contribution in [-0.2, 0) is 9.47 Å². The van der Waals surface area contributed by atoms with Crippen LogP contribution in [0.3, 0.4) is 0 Å². The fourth-order valence-corrected chi connectivity index (χ4v) is 2.38. The monoisotopic (exact) mass is 288 g/mol. The Balaban J connectivity index is 1.94. The Labute approximate surface area is 122 Å². The van der Waals surface area contributed by atoms with Gasteiger partial charge in [-0.3, -0.25) is 0 Å². The van der Waals surface area contributed by atoms with E-state index in [0.717, 1.165) is 16.7 Å². The normalized spacial score (nSPS) is 21.4. The summed E-state index contributed by atoms with van der Waals surface area (Å²) in [4.78, 5) is 11.5. The van der Waals surface area contributed by atoms with Gasteiger partial charge in [-0.15, -0.1) is 0 Å². The molecule has 4 heteroatoms. The molecule has 2 aromatic rings. The first kappa shape index (κ1) is 13.0. The van der Waals surface area contributed by atoms with Crippen molar-refractivity contribution in [2.75, 3.05) is 0 Å². The smallest absolute Gasteiger partial charge is 0.422 e. The van der Waals surface area contributed by atoms with Crippen LogP contribution in [0.2, 0.25) is 5.02 Å². The number of carbonyl (C=O) groups is 1. The Bertz CT molecular complexity index is 564. The van der Waals surface area contributed by atoms with E-state index in [2.05, 4.69) is 0 Å².